The van der Waals surface area contributed by atoms with Crippen LogP contribution >= 0.6 is 11.3 Å². The fraction of sp³-hybridized carbons (Fsp3) is 0.625. The van der Waals surface area contributed by atoms with Gasteiger partial charge in [-0.25, -0.2) is 9.98 Å². The van der Waals surface area contributed by atoms with Crippen LogP contribution in [0.3, 0.4) is 0 Å². The van der Waals surface area contributed by atoms with Gasteiger partial charge in [-0.05, 0) is 20.8 Å². The van der Waals surface area contributed by atoms with Crippen molar-refractivity contribution in [2.45, 2.75) is 46.0 Å². The van der Waals surface area contributed by atoms with E-state index in [1.807, 2.05) is 20.8 Å². The Morgan fingerprint density at radius 2 is 2.11 bits per heavy atom. The molecule has 0 bridgehead atoms. The highest BCUT2D eigenvalue weighted by molar-refractivity contribution is 7.09. The number of alkyl halides is 3. The molecule has 0 aromatic carbocycles. The summed E-state index contributed by atoms with van der Waals surface area (Å²) in [5.41, 5.74) is -0.860. The van der Waals surface area contributed by atoms with E-state index in [9.17, 15) is 13.2 Å². The van der Waals surface area contributed by atoms with Crippen molar-refractivity contribution in [3.05, 3.63) is 27.8 Å². The molecule has 156 valence electrons. The molecule has 0 aliphatic carbocycles. The van der Waals surface area contributed by atoms with Crippen LogP contribution < -0.4 is 10.6 Å². The Hall–Kier alpha value is -2.21. The fourth-order valence-corrected chi connectivity index (χ4v) is 2.96. The predicted octanol–water partition coefficient (Wildman–Crippen LogP) is 2.94. The first-order valence-electron chi connectivity index (χ1n) is 8.81. The number of rotatable bonds is 9. The Balaban J connectivity index is 1.87. The summed E-state index contributed by atoms with van der Waals surface area (Å²) in [6, 6.07) is 0. The van der Waals surface area contributed by atoms with Gasteiger partial charge in [-0.3, -0.25) is 0 Å². The molecule has 2 rings (SSSR count). The van der Waals surface area contributed by atoms with Crippen molar-refractivity contribution in [2.75, 3.05) is 19.7 Å². The highest BCUT2D eigenvalue weighted by Crippen LogP contribution is 2.29. The van der Waals surface area contributed by atoms with E-state index in [2.05, 4.69) is 30.8 Å². The topological polar surface area (TPSA) is 97.5 Å². The molecule has 0 radical (unpaired) electrons. The molecule has 2 aromatic rings. The Kier molecular flexibility index (Phi) is 8.18. The molecule has 0 aliphatic heterocycles. The van der Waals surface area contributed by atoms with E-state index in [4.69, 9.17) is 9.26 Å². The fourth-order valence-electron chi connectivity index (χ4n) is 2.15. The molecule has 0 spiro atoms. The zero-order valence-electron chi connectivity index (χ0n) is 15.8. The second-order valence-electron chi connectivity index (χ2n) is 5.64. The second kappa shape index (κ2) is 10.4. The van der Waals surface area contributed by atoms with E-state index in [0.29, 0.717) is 48.8 Å². The second-order valence-corrected chi connectivity index (χ2v) is 6.58. The van der Waals surface area contributed by atoms with Gasteiger partial charge in [0.1, 0.15) is 12.6 Å². The Bertz CT molecular complexity index is 762. The Morgan fingerprint density at radius 1 is 1.32 bits per heavy atom. The third kappa shape index (κ3) is 6.75. The molecule has 0 amide bonds. The molecule has 8 nitrogen and oxygen atoms in total. The van der Waals surface area contributed by atoms with Crippen molar-refractivity contribution in [1.29, 1.82) is 0 Å². The van der Waals surface area contributed by atoms with Crippen LogP contribution in [-0.2, 0) is 23.9 Å². The van der Waals surface area contributed by atoms with Gasteiger partial charge in [0.15, 0.2) is 17.5 Å². The highest BCUT2D eigenvalue weighted by Gasteiger charge is 2.33. The van der Waals surface area contributed by atoms with Gasteiger partial charge >= 0.3 is 6.18 Å². The van der Waals surface area contributed by atoms with Crippen LogP contribution in [0.25, 0.3) is 0 Å². The first-order valence-corrected chi connectivity index (χ1v) is 9.69. The molecular formula is C16H23F3N6O2S. The maximum Gasteiger partial charge on any atom is 0.434 e. The lowest BCUT2D eigenvalue weighted by molar-refractivity contribution is -0.140. The molecule has 2 aromatic heterocycles. The van der Waals surface area contributed by atoms with E-state index < -0.39 is 11.9 Å². The van der Waals surface area contributed by atoms with Gasteiger partial charge < -0.3 is 19.9 Å². The molecule has 1 atom stereocenters. The molecule has 0 aliphatic rings. The molecule has 0 saturated heterocycles. The number of guanidine groups is 1. The number of nitrogens with zero attached hydrogens (tertiary/aromatic N) is 4. The minimum absolute atomic E-state index is 0.163. The zero-order chi connectivity index (χ0) is 20.6. The molecular weight excluding hydrogens is 397 g/mol. The predicted molar refractivity (Wildman–Crippen MR) is 98.0 cm³/mol. The molecule has 0 saturated carbocycles. The van der Waals surface area contributed by atoms with E-state index >= 15 is 0 Å². The van der Waals surface area contributed by atoms with Crippen LogP contribution in [0, 0.1) is 0 Å². The average molecular weight is 420 g/mol. The highest BCUT2D eigenvalue weighted by atomic mass is 32.1. The maximum absolute atomic E-state index is 12.6. The average Bonchev–Trinajstić information content (AvgIpc) is 3.29. The maximum atomic E-state index is 12.6. The monoisotopic (exact) mass is 420 g/mol. The number of ether oxygens (including phenoxy) is 1. The number of thiazole rings is 1. The van der Waals surface area contributed by atoms with Gasteiger partial charge in [-0.2, -0.15) is 18.2 Å². The van der Waals surface area contributed by atoms with E-state index in [1.54, 1.807) is 0 Å². The largest absolute Gasteiger partial charge is 0.434 e. The van der Waals surface area contributed by atoms with Crippen LogP contribution in [0.2, 0.25) is 0 Å². The summed E-state index contributed by atoms with van der Waals surface area (Å²) in [6.45, 7) is 7.33. The lowest BCUT2D eigenvalue weighted by atomic mass is 10.4. The minimum atomic E-state index is -4.42. The van der Waals surface area contributed by atoms with Crippen molar-refractivity contribution in [3.8, 4) is 0 Å². The summed E-state index contributed by atoms with van der Waals surface area (Å²) in [4.78, 5) is 12.2. The zero-order valence-corrected chi connectivity index (χ0v) is 16.7. The Morgan fingerprint density at radius 3 is 2.75 bits per heavy atom. The number of halogens is 3. The van der Waals surface area contributed by atoms with Gasteiger partial charge in [0.25, 0.3) is 0 Å². The smallest absolute Gasteiger partial charge is 0.371 e. The summed E-state index contributed by atoms with van der Waals surface area (Å²) in [7, 11) is 0. The minimum Gasteiger partial charge on any atom is -0.371 e. The molecule has 2 N–H and O–H groups in total. The molecule has 12 heteroatoms. The van der Waals surface area contributed by atoms with E-state index in [0.717, 1.165) is 16.7 Å². The molecule has 28 heavy (non-hydrogen) atoms. The van der Waals surface area contributed by atoms with Gasteiger partial charge in [0, 0.05) is 31.5 Å². The first kappa shape index (κ1) is 22.1. The van der Waals surface area contributed by atoms with Gasteiger partial charge in [0.05, 0.1) is 5.01 Å². The van der Waals surface area contributed by atoms with Gasteiger partial charge in [-0.15, -0.1) is 11.3 Å². The van der Waals surface area contributed by atoms with E-state index in [1.165, 1.54) is 0 Å². The first-order chi connectivity index (χ1) is 13.3. The molecule has 2 heterocycles. The summed E-state index contributed by atoms with van der Waals surface area (Å²) in [5.74, 6) is 1.29. The summed E-state index contributed by atoms with van der Waals surface area (Å²) < 4.78 is 48.3. The summed E-state index contributed by atoms with van der Waals surface area (Å²) in [5, 5.41) is 11.4. The van der Waals surface area contributed by atoms with Crippen LogP contribution in [0.15, 0.2) is 14.9 Å². The molecule has 0 fully saturated rings. The van der Waals surface area contributed by atoms with Crippen molar-refractivity contribution < 1.29 is 22.4 Å². The van der Waals surface area contributed by atoms with Crippen molar-refractivity contribution in [3.63, 3.8) is 0 Å². The van der Waals surface area contributed by atoms with Crippen LogP contribution in [0.4, 0.5) is 13.2 Å². The number of aliphatic imine (C=N–C) groups is 1. The van der Waals surface area contributed by atoms with Crippen LogP contribution in [0.5, 0.6) is 0 Å². The van der Waals surface area contributed by atoms with Crippen molar-refractivity contribution in [1.82, 2.24) is 25.8 Å². The number of hydrogen-bond acceptors (Lipinski definition) is 7. The summed E-state index contributed by atoms with van der Waals surface area (Å²) >= 11 is 0.985. The SMILES string of the molecule is CCNC(=NCc1nc(C(C)OCC)no1)NCCc1nc(C(F)(F)F)cs1. The normalized spacial score (nSPS) is 13.6. The quantitative estimate of drug-likeness (QED) is 0.475. The standard InChI is InChI=1S/C16H23F3N6O2S/c1-4-20-15(21-7-6-13-23-11(9-28-13)16(17,18)19)22-8-12-24-14(25-27-12)10(3)26-5-2/h9-10H,4-8H2,1-3H3,(H2,20,21,22). The van der Waals surface area contributed by atoms with Crippen LogP contribution in [-0.4, -0.2) is 40.8 Å². The summed E-state index contributed by atoms with van der Waals surface area (Å²) in [6.07, 6.45) is -4.33. The third-order valence-corrected chi connectivity index (χ3v) is 4.36. The number of aromatic nitrogens is 3. The lowest BCUT2D eigenvalue weighted by Gasteiger charge is -2.09. The number of nitrogens with one attached hydrogen (secondary N) is 2. The van der Waals surface area contributed by atoms with Crippen molar-refractivity contribution >= 4 is 17.3 Å². The van der Waals surface area contributed by atoms with Gasteiger partial charge in [0.2, 0.25) is 5.89 Å². The van der Waals surface area contributed by atoms with Gasteiger partial charge in [-0.1, -0.05) is 5.16 Å². The third-order valence-electron chi connectivity index (χ3n) is 3.45. The lowest BCUT2D eigenvalue weighted by Crippen LogP contribution is -2.38. The van der Waals surface area contributed by atoms with Crippen molar-refractivity contribution in [2.24, 2.45) is 4.99 Å². The Labute approximate surface area is 164 Å². The number of hydrogen-bond donors (Lipinski definition) is 2. The van der Waals surface area contributed by atoms with E-state index in [-0.39, 0.29) is 12.6 Å². The molecule has 1 unspecified atom stereocenters. The van der Waals surface area contributed by atoms with Crippen LogP contribution in [0.1, 0.15) is 49.3 Å².